The number of nitrogens with zero attached hydrogens (tertiary/aromatic N) is 1. The van der Waals surface area contributed by atoms with Crippen LogP contribution in [0.2, 0.25) is 0 Å². The first-order chi connectivity index (χ1) is 7.22. The molecular weight excluding hydrogens is 190 g/mol. The van der Waals surface area contributed by atoms with Crippen LogP contribution in [0.5, 0.6) is 0 Å². The predicted octanol–water partition coefficient (Wildman–Crippen LogP) is 1.20. The van der Waals surface area contributed by atoms with E-state index in [1.54, 1.807) is 0 Å². The highest BCUT2D eigenvalue weighted by atomic mass is 16.3. The highest BCUT2D eigenvalue weighted by Crippen LogP contribution is 2.28. The molecule has 86 valence electrons. The number of rotatable bonds is 2. The maximum absolute atomic E-state index is 11.6. The molecule has 0 aromatic heterocycles. The molecule has 0 bridgehead atoms. The van der Waals surface area contributed by atoms with Gasteiger partial charge < -0.3 is 5.11 Å². The lowest BCUT2D eigenvalue weighted by atomic mass is 9.92. The summed E-state index contributed by atoms with van der Waals surface area (Å²) in [7, 11) is 0. The Balaban J connectivity index is 1.96. The molecule has 0 aromatic rings. The van der Waals surface area contributed by atoms with Gasteiger partial charge in [0.15, 0.2) is 0 Å². The van der Waals surface area contributed by atoms with Gasteiger partial charge in [0.1, 0.15) is 5.78 Å². The number of piperidine rings is 1. The zero-order valence-electron chi connectivity index (χ0n) is 9.48. The van der Waals surface area contributed by atoms with Crippen molar-refractivity contribution in [1.82, 2.24) is 4.90 Å². The summed E-state index contributed by atoms with van der Waals surface area (Å²) in [5.41, 5.74) is 0. The van der Waals surface area contributed by atoms with Gasteiger partial charge >= 0.3 is 0 Å². The number of Topliss-reactive ketones (excluding diaryl/α,β-unsaturated/α-hetero) is 1. The van der Waals surface area contributed by atoms with Crippen molar-refractivity contribution >= 4 is 5.78 Å². The standard InChI is InChI=1S/C12H21NO2/c1-2-9-8-13(7-6-11(9)14)10-4-3-5-12(10)15/h9-10,12,15H,2-8H2,1H3. The number of carbonyl (C=O) groups is 1. The molecule has 2 rings (SSSR count). The topological polar surface area (TPSA) is 40.5 Å². The van der Waals surface area contributed by atoms with Crippen LogP contribution in [0.15, 0.2) is 0 Å². The Labute approximate surface area is 91.5 Å². The Kier molecular flexibility index (Phi) is 3.42. The summed E-state index contributed by atoms with van der Waals surface area (Å²) in [5.74, 6) is 0.632. The van der Waals surface area contributed by atoms with Gasteiger partial charge in [-0.1, -0.05) is 6.92 Å². The molecule has 2 fully saturated rings. The Morgan fingerprint density at radius 3 is 2.87 bits per heavy atom. The summed E-state index contributed by atoms with van der Waals surface area (Å²) >= 11 is 0. The molecule has 1 heterocycles. The summed E-state index contributed by atoms with van der Waals surface area (Å²) in [6.45, 7) is 3.81. The largest absolute Gasteiger partial charge is 0.391 e. The lowest BCUT2D eigenvalue weighted by molar-refractivity contribution is -0.127. The van der Waals surface area contributed by atoms with Crippen molar-refractivity contribution in [1.29, 1.82) is 0 Å². The van der Waals surface area contributed by atoms with Gasteiger partial charge in [-0.05, 0) is 25.7 Å². The number of hydrogen-bond acceptors (Lipinski definition) is 3. The minimum absolute atomic E-state index is 0.157. The monoisotopic (exact) mass is 211 g/mol. The normalized spacial score (nSPS) is 38.5. The summed E-state index contributed by atoms with van der Waals surface area (Å²) in [6, 6.07) is 0.326. The Hall–Kier alpha value is -0.410. The molecule has 15 heavy (non-hydrogen) atoms. The molecule has 3 atom stereocenters. The highest BCUT2D eigenvalue weighted by molar-refractivity contribution is 5.82. The van der Waals surface area contributed by atoms with E-state index in [1.807, 2.05) is 0 Å². The van der Waals surface area contributed by atoms with Crippen LogP contribution in [0.1, 0.15) is 39.0 Å². The maximum Gasteiger partial charge on any atom is 0.138 e. The number of aliphatic hydroxyl groups is 1. The van der Waals surface area contributed by atoms with Gasteiger partial charge in [0.25, 0.3) is 0 Å². The van der Waals surface area contributed by atoms with E-state index in [2.05, 4.69) is 11.8 Å². The maximum atomic E-state index is 11.6. The molecule has 1 saturated heterocycles. The van der Waals surface area contributed by atoms with Crippen LogP contribution in [0.25, 0.3) is 0 Å². The van der Waals surface area contributed by atoms with Crippen LogP contribution < -0.4 is 0 Å². The molecule has 1 aliphatic carbocycles. The zero-order chi connectivity index (χ0) is 10.8. The number of ketones is 1. The van der Waals surface area contributed by atoms with E-state index in [0.717, 1.165) is 38.8 Å². The van der Waals surface area contributed by atoms with Gasteiger partial charge in [-0.2, -0.15) is 0 Å². The lowest BCUT2D eigenvalue weighted by Gasteiger charge is -2.37. The molecule has 3 nitrogen and oxygen atoms in total. The molecule has 3 unspecified atom stereocenters. The third-order valence-corrected chi connectivity index (χ3v) is 3.96. The molecule has 1 aliphatic heterocycles. The fourth-order valence-corrected chi connectivity index (χ4v) is 2.94. The third-order valence-electron chi connectivity index (χ3n) is 3.96. The van der Waals surface area contributed by atoms with Crippen molar-refractivity contribution in [3.05, 3.63) is 0 Å². The fraction of sp³-hybridized carbons (Fsp3) is 0.917. The zero-order valence-corrected chi connectivity index (χ0v) is 9.48. The minimum Gasteiger partial charge on any atom is -0.391 e. The van der Waals surface area contributed by atoms with E-state index in [4.69, 9.17) is 0 Å². The Morgan fingerprint density at radius 1 is 1.47 bits per heavy atom. The van der Waals surface area contributed by atoms with Crippen molar-refractivity contribution in [3.63, 3.8) is 0 Å². The number of carbonyl (C=O) groups excluding carboxylic acids is 1. The van der Waals surface area contributed by atoms with Crippen LogP contribution >= 0.6 is 0 Å². The average Bonchev–Trinajstić information content (AvgIpc) is 2.65. The molecule has 1 N–H and O–H groups in total. The van der Waals surface area contributed by atoms with Crippen LogP contribution in [0.4, 0.5) is 0 Å². The first-order valence-electron chi connectivity index (χ1n) is 6.17. The van der Waals surface area contributed by atoms with E-state index < -0.39 is 0 Å². The highest BCUT2D eigenvalue weighted by Gasteiger charge is 2.35. The molecular formula is C12H21NO2. The van der Waals surface area contributed by atoms with E-state index in [9.17, 15) is 9.90 Å². The summed E-state index contributed by atoms with van der Waals surface area (Å²) in [6.07, 6.45) is 4.64. The second-order valence-electron chi connectivity index (χ2n) is 4.88. The number of aliphatic hydroxyl groups excluding tert-OH is 1. The molecule has 0 radical (unpaired) electrons. The molecule has 1 saturated carbocycles. The van der Waals surface area contributed by atoms with Crippen LogP contribution in [0, 0.1) is 5.92 Å². The van der Waals surface area contributed by atoms with E-state index in [-0.39, 0.29) is 12.0 Å². The van der Waals surface area contributed by atoms with Crippen molar-refractivity contribution in [2.45, 2.75) is 51.2 Å². The smallest absolute Gasteiger partial charge is 0.138 e. The van der Waals surface area contributed by atoms with Gasteiger partial charge in [0.05, 0.1) is 6.10 Å². The summed E-state index contributed by atoms with van der Waals surface area (Å²) in [4.78, 5) is 13.9. The molecule has 3 heteroatoms. The quantitative estimate of drug-likeness (QED) is 0.746. The minimum atomic E-state index is -0.157. The van der Waals surface area contributed by atoms with Gasteiger partial charge in [-0.15, -0.1) is 0 Å². The van der Waals surface area contributed by atoms with Crippen molar-refractivity contribution in [3.8, 4) is 0 Å². The van der Waals surface area contributed by atoms with Crippen molar-refractivity contribution < 1.29 is 9.90 Å². The van der Waals surface area contributed by atoms with Crippen molar-refractivity contribution in [2.75, 3.05) is 13.1 Å². The van der Waals surface area contributed by atoms with E-state index in [1.165, 1.54) is 0 Å². The molecule has 0 spiro atoms. The summed E-state index contributed by atoms with van der Waals surface area (Å²) in [5, 5.41) is 9.84. The van der Waals surface area contributed by atoms with Gasteiger partial charge in [-0.25, -0.2) is 0 Å². The first kappa shape index (κ1) is 11.1. The van der Waals surface area contributed by atoms with E-state index >= 15 is 0 Å². The van der Waals surface area contributed by atoms with Gasteiger partial charge in [0.2, 0.25) is 0 Å². The van der Waals surface area contributed by atoms with Crippen molar-refractivity contribution in [2.24, 2.45) is 5.92 Å². The van der Waals surface area contributed by atoms with Crippen LogP contribution in [-0.4, -0.2) is 41.0 Å². The fourth-order valence-electron chi connectivity index (χ4n) is 2.94. The van der Waals surface area contributed by atoms with Gasteiger partial charge in [-0.3, -0.25) is 9.69 Å². The first-order valence-corrected chi connectivity index (χ1v) is 6.17. The molecule has 2 aliphatic rings. The second-order valence-corrected chi connectivity index (χ2v) is 4.88. The Bertz CT molecular complexity index is 242. The van der Waals surface area contributed by atoms with E-state index in [0.29, 0.717) is 18.2 Å². The Morgan fingerprint density at radius 2 is 2.27 bits per heavy atom. The predicted molar refractivity (Wildman–Crippen MR) is 58.6 cm³/mol. The third kappa shape index (κ3) is 2.23. The average molecular weight is 211 g/mol. The lowest BCUT2D eigenvalue weighted by Crippen LogP contribution is -2.48. The molecule has 0 aromatic carbocycles. The van der Waals surface area contributed by atoms with Gasteiger partial charge in [0, 0.05) is 31.5 Å². The van der Waals surface area contributed by atoms with Crippen LogP contribution in [-0.2, 0) is 4.79 Å². The molecule has 0 amide bonds. The number of hydrogen-bond donors (Lipinski definition) is 1. The second kappa shape index (κ2) is 4.62. The SMILES string of the molecule is CCC1CN(C2CCCC2O)CCC1=O. The van der Waals surface area contributed by atoms with Crippen LogP contribution in [0.3, 0.4) is 0 Å². The summed E-state index contributed by atoms with van der Waals surface area (Å²) < 4.78 is 0. The number of likely N-dealkylation sites (tertiary alicyclic amines) is 1.